The van der Waals surface area contributed by atoms with Crippen LogP contribution >= 0.6 is 36.6 Å². The van der Waals surface area contributed by atoms with Crippen LogP contribution in [0.4, 0.5) is 5.69 Å². The minimum Gasteiger partial charge on any atom is -0.324 e. The van der Waals surface area contributed by atoms with Crippen LogP contribution in [0, 0.1) is 0 Å². The fourth-order valence-corrected chi connectivity index (χ4v) is 3.88. The van der Waals surface area contributed by atoms with E-state index in [0.717, 1.165) is 24.2 Å². The zero-order valence-corrected chi connectivity index (χ0v) is 17.6. The number of hydrogen-bond acceptors (Lipinski definition) is 4. The molecule has 1 heterocycles. The molecule has 1 amide bonds. The summed E-state index contributed by atoms with van der Waals surface area (Å²) < 4.78 is 0. The van der Waals surface area contributed by atoms with Gasteiger partial charge in [0.05, 0.1) is 0 Å². The first-order chi connectivity index (χ1) is 12.2. The molecule has 0 aliphatic carbocycles. The number of carbonyl (C=O) groups is 1. The molecule has 7 heteroatoms. The third-order valence-electron chi connectivity index (χ3n) is 4.48. The van der Waals surface area contributed by atoms with E-state index in [1.807, 2.05) is 54.2 Å². The van der Waals surface area contributed by atoms with E-state index in [2.05, 4.69) is 22.3 Å². The summed E-state index contributed by atoms with van der Waals surface area (Å²) in [6.45, 7) is 3.48. The summed E-state index contributed by atoms with van der Waals surface area (Å²) in [6.07, 6.45) is 1.04. The molecular formula is C20H27Cl2N3OS. The van der Waals surface area contributed by atoms with Crippen LogP contribution in [-0.4, -0.2) is 41.9 Å². The topological polar surface area (TPSA) is 58.4 Å². The SMILES string of the molecule is Cl.Cl.NC(C(=O)Nc1ccc(CCN2CCSCC2)cc1)c1ccccc1. The summed E-state index contributed by atoms with van der Waals surface area (Å²) in [5, 5.41) is 2.90. The minimum atomic E-state index is -0.655. The Bertz CT molecular complexity index is 679. The van der Waals surface area contributed by atoms with E-state index < -0.39 is 6.04 Å². The Labute approximate surface area is 178 Å². The number of nitrogens with zero attached hydrogens (tertiary/aromatic N) is 1. The first-order valence-electron chi connectivity index (χ1n) is 8.73. The van der Waals surface area contributed by atoms with Gasteiger partial charge >= 0.3 is 0 Å². The number of amides is 1. The molecule has 2 aromatic rings. The number of thioether (sulfide) groups is 1. The molecule has 2 aromatic carbocycles. The predicted molar refractivity (Wildman–Crippen MR) is 120 cm³/mol. The molecule has 3 N–H and O–H groups in total. The molecule has 1 saturated heterocycles. The molecule has 3 rings (SSSR count). The molecule has 4 nitrogen and oxygen atoms in total. The largest absolute Gasteiger partial charge is 0.324 e. The minimum absolute atomic E-state index is 0. The number of rotatable bonds is 6. The fourth-order valence-electron chi connectivity index (χ4n) is 2.90. The number of halogens is 2. The number of nitrogens with two attached hydrogens (primary N) is 1. The van der Waals surface area contributed by atoms with Crippen LogP contribution in [-0.2, 0) is 11.2 Å². The summed E-state index contributed by atoms with van der Waals surface area (Å²) in [5.74, 6) is 2.30. The van der Waals surface area contributed by atoms with Gasteiger partial charge in [0.15, 0.2) is 0 Å². The summed E-state index contributed by atoms with van der Waals surface area (Å²) in [7, 11) is 0. The number of benzene rings is 2. The second-order valence-corrected chi connectivity index (χ2v) is 7.50. The van der Waals surface area contributed by atoms with Gasteiger partial charge in [-0.25, -0.2) is 0 Å². The van der Waals surface area contributed by atoms with E-state index in [9.17, 15) is 4.79 Å². The predicted octanol–water partition coefficient (Wildman–Crippen LogP) is 3.76. The van der Waals surface area contributed by atoms with E-state index in [1.165, 1.54) is 30.2 Å². The van der Waals surface area contributed by atoms with Crippen molar-refractivity contribution in [3.05, 3.63) is 65.7 Å². The second-order valence-electron chi connectivity index (χ2n) is 6.28. The molecule has 0 radical (unpaired) electrons. The average molecular weight is 428 g/mol. The van der Waals surface area contributed by atoms with Gasteiger partial charge in [0.25, 0.3) is 0 Å². The maximum atomic E-state index is 12.3. The van der Waals surface area contributed by atoms with E-state index >= 15 is 0 Å². The molecule has 0 saturated carbocycles. The van der Waals surface area contributed by atoms with Gasteiger partial charge in [0, 0.05) is 36.8 Å². The molecule has 1 atom stereocenters. The summed E-state index contributed by atoms with van der Waals surface area (Å²) in [4.78, 5) is 14.8. The van der Waals surface area contributed by atoms with Gasteiger partial charge in [-0.1, -0.05) is 42.5 Å². The maximum absolute atomic E-state index is 12.3. The summed E-state index contributed by atoms with van der Waals surface area (Å²) >= 11 is 2.04. The van der Waals surface area contributed by atoms with E-state index in [1.54, 1.807) is 0 Å². The second kappa shape index (κ2) is 12.3. The molecule has 0 aromatic heterocycles. The highest BCUT2D eigenvalue weighted by atomic mass is 35.5. The van der Waals surface area contributed by atoms with Crippen molar-refractivity contribution in [2.24, 2.45) is 5.73 Å². The van der Waals surface area contributed by atoms with Crippen molar-refractivity contribution in [3.63, 3.8) is 0 Å². The van der Waals surface area contributed by atoms with Crippen LogP contribution < -0.4 is 11.1 Å². The zero-order valence-electron chi connectivity index (χ0n) is 15.2. The quantitative estimate of drug-likeness (QED) is 0.736. The van der Waals surface area contributed by atoms with Crippen LogP contribution in [0.5, 0.6) is 0 Å². The molecule has 0 bridgehead atoms. The van der Waals surface area contributed by atoms with Crippen LogP contribution in [0.25, 0.3) is 0 Å². The van der Waals surface area contributed by atoms with Crippen molar-refractivity contribution in [1.82, 2.24) is 4.90 Å². The van der Waals surface area contributed by atoms with Gasteiger partial charge in [-0.05, 0) is 29.7 Å². The Morgan fingerprint density at radius 3 is 2.30 bits per heavy atom. The van der Waals surface area contributed by atoms with Crippen molar-refractivity contribution in [2.75, 3.05) is 36.5 Å². The zero-order chi connectivity index (χ0) is 17.5. The molecule has 0 spiro atoms. The average Bonchev–Trinajstić information content (AvgIpc) is 2.68. The lowest BCUT2D eigenvalue weighted by atomic mass is 10.1. The molecule has 1 fully saturated rings. The molecular weight excluding hydrogens is 401 g/mol. The van der Waals surface area contributed by atoms with Gasteiger partial charge in [-0.15, -0.1) is 24.8 Å². The Morgan fingerprint density at radius 1 is 1.04 bits per heavy atom. The third-order valence-corrected chi connectivity index (χ3v) is 5.43. The highest BCUT2D eigenvalue weighted by Crippen LogP contribution is 2.16. The van der Waals surface area contributed by atoms with Crippen LogP contribution in [0.1, 0.15) is 17.2 Å². The van der Waals surface area contributed by atoms with Crippen LogP contribution in [0.2, 0.25) is 0 Å². The van der Waals surface area contributed by atoms with Gasteiger partial charge in [-0.2, -0.15) is 11.8 Å². The van der Waals surface area contributed by atoms with E-state index in [-0.39, 0.29) is 30.7 Å². The molecule has 1 aliphatic rings. The van der Waals surface area contributed by atoms with Crippen molar-refractivity contribution < 1.29 is 4.79 Å². The highest BCUT2D eigenvalue weighted by molar-refractivity contribution is 7.99. The van der Waals surface area contributed by atoms with Gasteiger partial charge < -0.3 is 16.0 Å². The number of anilines is 1. The number of hydrogen-bond donors (Lipinski definition) is 2. The lowest BCUT2D eigenvalue weighted by Crippen LogP contribution is -2.34. The highest BCUT2D eigenvalue weighted by Gasteiger charge is 2.15. The maximum Gasteiger partial charge on any atom is 0.245 e. The first kappa shape index (κ1) is 23.8. The molecule has 1 aliphatic heterocycles. The lowest BCUT2D eigenvalue weighted by molar-refractivity contribution is -0.117. The summed E-state index contributed by atoms with van der Waals surface area (Å²) in [6, 6.07) is 16.8. The van der Waals surface area contributed by atoms with Crippen LogP contribution in [0.3, 0.4) is 0 Å². The Balaban J connectivity index is 0.00000182. The fraction of sp³-hybridized carbons (Fsp3) is 0.350. The third kappa shape index (κ3) is 7.35. The van der Waals surface area contributed by atoms with E-state index in [4.69, 9.17) is 5.73 Å². The van der Waals surface area contributed by atoms with Gasteiger partial charge in [0.2, 0.25) is 5.91 Å². The van der Waals surface area contributed by atoms with Gasteiger partial charge in [0.1, 0.15) is 6.04 Å². The first-order valence-corrected chi connectivity index (χ1v) is 9.88. The van der Waals surface area contributed by atoms with Gasteiger partial charge in [-0.3, -0.25) is 4.79 Å². The molecule has 148 valence electrons. The monoisotopic (exact) mass is 427 g/mol. The summed E-state index contributed by atoms with van der Waals surface area (Å²) in [5.41, 5.74) is 8.92. The van der Waals surface area contributed by atoms with Crippen molar-refractivity contribution >= 4 is 48.2 Å². The Morgan fingerprint density at radius 2 is 1.67 bits per heavy atom. The Kier molecular flexibility index (Phi) is 10.8. The molecule has 1 unspecified atom stereocenters. The normalized spacial score (nSPS) is 15.1. The van der Waals surface area contributed by atoms with Crippen LogP contribution in [0.15, 0.2) is 54.6 Å². The standard InChI is InChI=1S/C20H25N3OS.2ClH/c21-19(17-4-2-1-3-5-17)20(24)22-18-8-6-16(7-9-18)10-11-23-12-14-25-15-13-23;;/h1-9,19H,10-15,21H2,(H,22,24);2*1H. The van der Waals surface area contributed by atoms with E-state index in [0.29, 0.717) is 0 Å². The Hall–Kier alpha value is -1.24. The van der Waals surface area contributed by atoms with Crippen molar-refractivity contribution in [3.8, 4) is 0 Å². The molecule has 27 heavy (non-hydrogen) atoms. The van der Waals surface area contributed by atoms with Crippen molar-refractivity contribution in [2.45, 2.75) is 12.5 Å². The van der Waals surface area contributed by atoms with Crippen molar-refractivity contribution in [1.29, 1.82) is 0 Å². The lowest BCUT2D eigenvalue weighted by Gasteiger charge is -2.26. The number of nitrogens with one attached hydrogen (secondary N) is 1. The smallest absolute Gasteiger partial charge is 0.245 e. The number of carbonyl (C=O) groups excluding carboxylic acids is 1.